The summed E-state index contributed by atoms with van der Waals surface area (Å²) in [7, 11) is -2.15. The van der Waals surface area contributed by atoms with Gasteiger partial charge in [0.25, 0.3) is 15.9 Å². The normalized spacial score (nSPS) is 18.6. The zero-order chi connectivity index (χ0) is 18.7. The highest BCUT2D eigenvalue weighted by atomic mass is 32.2. The van der Waals surface area contributed by atoms with E-state index >= 15 is 0 Å². The molecule has 1 aromatic rings. The van der Waals surface area contributed by atoms with Crippen molar-refractivity contribution in [2.24, 2.45) is 10.3 Å². The lowest BCUT2D eigenvalue weighted by Crippen LogP contribution is -2.48. The summed E-state index contributed by atoms with van der Waals surface area (Å²) >= 11 is 0. The minimum absolute atomic E-state index is 0.0574. The van der Waals surface area contributed by atoms with E-state index in [2.05, 4.69) is 15.2 Å². The van der Waals surface area contributed by atoms with Crippen LogP contribution in [0.25, 0.3) is 0 Å². The molecule has 2 N–H and O–H groups in total. The molecular weight excluding hydrogens is 356 g/mol. The monoisotopic (exact) mass is 378 g/mol. The van der Waals surface area contributed by atoms with Gasteiger partial charge in [0.1, 0.15) is 4.90 Å². The molecular formula is C17H22N4O4S. The maximum absolute atomic E-state index is 12.1. The van der Waals surface area contributed by atoms with Crippen molar-refractivity contribution in [3.8, 4) is 0 Å². The number of hydrogen-bond donors (Lipinski definition) is 2. The molecule has 0 saturated heterocycles. The van der Waals surface area contributed by atoms with Crippen molar-refractivity contribution >= 4 is 27.7 Å². The Morgan fingerprint density at radius 1 is 1.15 bits per heavy atom. The van der Waals surface area contributed by atoms with Crippen LogP contribution in [0.15, 0.2) is 33.6 Å². The lowest BCUT2D eigenvalue weighted by atomic mass is 9.89. The summed E-state index contributed by atoms with van der Waals surface area (Å²) in [5.41, 5.74) is 5.32. The third-order valence-electron chi connectivity index (χ3n) is 4.66. The van der Waals surface area contributed by atoms with Crippen molar-refractivity contribution in [1.82, 2.24) is 15.8 Å². The van der Waals surface area contributed by atoms with E-state index in [1.165, 1.54) is 11.0 Å². The van der Waals surface area contributed by atoms with Crippen LogP contribution in [0.3, 0.4) is 0 Å². The van der Waals surface area contributed by atoms with Crippen molar-refractivity contribution < 1.29 is 18.0 Å². The van der Waals surface area contributed by atoms with E-state index in [9.17, 15) is 18.0 Å². The number of likely N-dealkylation sites (N-methyl/N-ethyl adjacent to an activating group) is 1. The van der Waals surface area contributed by atoms with Gasteiger partial charge in [-0.25, -0.2) is 0 Å². The largest absolute Gasteiger partial charge is 0.349 e. The van der Waals surface area contributed by atoms with Crippen molar-refractivity contribution in [2.45, 2.75) is 37.0 Å². The third kappa shape index (κ3) is 3.87. The Bertz CT molecular complexity index is 844. The van der Waals surface area contributed by atoms with Gasteiger partial charge < -0.3 is 4.90 Å². The van der Waals surface area contributed by atoms with E-state index in [4.69, 9.17) is 0 Å². The van der Waals surface area contributed by atoms with Gasteiger partial charge >= 0.3 is 0 Å². The van der Waals surface area contributed by atoms with Gasteiger partial charge in [0, 0.05) is 18.5 Å². The molecule has 0 atom stereocenters. The molecule has 1 aliphatic heterocycles. The fourth-order valence-electron chi connectivity index (χ4n) is 3.29. The van der Waals surface area contributed by atoms with Gasteiger partial charge in [-0.2, -0.15) is 8.42 Å². The number of amides is 2. The molecule has 9 heteroatoms. The van der Waals surface area contributed by atoms with Gasteiger partial charge in [-0.3, -0.25) is 20.4 Å². The fourth-order valence-corrected chi connectivity index (χ4v) is 4.54. The van der Waals surface area contributed by atoms with E-state index in [-0.39, 0.29) is 29.1 Å². The zero-order valence-electron chi connectivity index (χ0n) is 14.6. The standard InChI is InChI=1S/C17H22N4O4S/c1-21(16-13-9-5-6-10-14(13)26(24,25)20-16)11-15(22)18-19-17(23)12-7-3-2-4-8-12/h5-6,9-10,12H,2-4,7-8,11H2,1H3,(H,18,22)(H,19,23). The molecule has 0 radical (unpaired) electrons. The van der Waals surface area contributed by atoms with Crippen LogP contribution in [-0.2, 0) is 19.6 Å². The first-order chi connectivity index (χ1) is 12.4. The van der Waals surface area contributed by atoms with Gasteiger partial charge in [-0.1, -0.05) is 31.4 Å². The maximum atomic E-state index is 12.1. The van der Waals surface area contributed by atoms with Crippen molar-refractivity contribution in [3.63, 3.8) is 0 Å². The molecule has 0 aromatic heterocycles. The summed E-state index contributed by atoms with van der Waals surface area (Å²) in [6.07, 6.45) is 4.89. The summed E-state index contributed by atoms with van der Waals surface area (Å²) in [4.78, 5) is 25.7. The molecule has 26 heavy (non-hydrogen) atoms. The van der Waals surface area contributed by atoms with Crippen LogP contribution in [0.5, 0.6) is 0 Å². The Morgan fingerprint density at radius 3 is 2.58 bits per heavy atom. The van der Waals surface area contributed by atoms with E-state index in [1.54, 1.807) is 25.2 Å². The van der Waals surface area contributed by atoms with Crippen LogP contribution < -0.4 is 10.9 Å². The van der Waals surface area contributed by atoms with Gasteiger partial charge in [0.05, 0.1) is 6.54 Å². The summed E-state index contributed by atoms with van der Waals surface area (Å²) in [5.74, 6) is -0.458. The summed E-state index contributed by atoms with van der Waals surface area (Å²) in [6.45, 7) is -0.131. The van der Waals surface area contributed by atoms with Gasteiger partial charge in [-0.15, -0.1) is 4.40 Å². The Hall–Kier alpha value is -2.42. The van der Waals surface area contributed by atoms with Crippen molar-refractivity contribution in [3.05, 3.63) is 29.8 Å². The molecule has 1 aliphatic carbocycles. The molecule has 8 nitrogen and oxygen atoms in total. The quantitative estimate of drug-likeness (QED) is 0.756. The van der Waals surface area contributed by atoms with Gasteiger partial charge in [-0.05, 0) is 25.0 Å². The summed E-state index contributed by atoms with van der Waals surface area (Å²) in [5, 5.41) is 0. The molecule has 0 unspecified atom stereocenters. The summed E-state index contributed by atoms with van der Waals surface area (Å²) < 4.78 is 27.9. The first kappa shape index (κ1) is 18.4. The average Bonchev–Trinajstić information content (AvgIpc) is 2.92. The second-order valence-electron chi connectivity index (χ2n) is 6.61. The second kappa shape index (κ2) is 7.45. The highest BCUT2D eigenvalue weighted by Gasteiger charge is 2.31. The Kier molecular flexibility index (Phi) is 5.26. The van der Waals surface area contributed by atoms with E-state index in [0.717, 1.165) is 32.1 Å². The van der Waals surface area contributed by atoms with E-state index < -0.39 is 15.9 Å². The SMILES string of the molecule is CN(CC(=O)NNC(=O)C1CCCCC1)C1=NS(=O)(=O)c2ccccc21. The van der Waals surface area contributed by atoms with Crippen LogP contribution in [0.4, 0.5) is 0 Å². The topological polar surface area (TPSA) is 108 Å². The minimum Gasteiger partial charge on any atom is -0.349 e. The third-order valence-corrected chi connectivity index (χ3v) is 5.98. The number of nitrogens with zero attached hydrogens (tertiary/aromatic N) is 2. The number of rotatable bonds is 3. The van der Waals surface area contributed by atoms with Crippen LogP contribution in [-0.4, -0.2) is 44.6 Å². The van der Waals surface area contributed by atoms with Gasteiger partial charge in [0.15, 0.2) is 5.84 Å². The number of hydrogen-bond acceptors (Lipinski definition) is 5. The number of amidine groups is 1. The van der Waals surface area contributed by atoms with E-state index in [1.807, 2.05) is 0 Å². The predicted molar refractivity (Wildman–Crippen MR) is 95.7 cm³/mol. The molecule has 3 rings (SSSR count). The lowest BCUT2D eigenvalue weighted by molar-refractivity contribution is -0.131. The molecule has 1 saturated carbocycles. The van der Waals surface area contributed by atoms with Crippen molar-refractivity contribution in [1.29, 1.82) is 0 Å². The molecule has 140 valence electrons. The smallest absolute Gasteiger partial charge is 0.285 e. The number of hydrazine groups is 1. The minimum atomic E-state index is -3.73. The van der Waals surface area contributed by atoms with Crippen LogP contribution in [0.2, 0.25) is 0 Å². The van der Waals surface area contributed by atoms with Crippen molar-refractivity contribution in [2.75, 3.05) is 13.6 Å². The molecule has 0 bridgehead atoms. The molecule has 1 aromatic carbocycles. The molecule has 0 spiro atoms. The number of carbonyl (C=O) groups excluding carboxylic acids is 2. The fraction of sp³-hybridized carbons (Fsp3) is 0.471. The zero-order valence-corrected chi connectivity index (χ0v) is 15.4. The summed E-state index contributed by atoms with van der Waals surface area (Å²) in [6, 6.07) is 6.48. The predicted octanol–water partition coefficient (Wildman–Crippen LogP) is 0.795. The second-order valence-corrected chi connectivity index (χ2v) is 8.19. The van der Waals surface area contributed by atoms with Crippen LogP contribution in [0.1, 0.15) is 37.7 Å². The Balaban J connectivity index is 1.57. The number of benzene rings is 1. The van der Waals surface area contributed by atoms with Crippen LogP contribution in [0, 0.1) is 5.92 Å². The van der Waals surface area contributed by atoms with Crippen LogP contribution >= 0.6 is 0 Å². The molecule has 2 aliphatic rings. The Labute approximate surface area is 152 Å². The van der Waals surface area contributed by atoms with Gasteiger partial charge in [0.2, 0.25) is 5.91 Å². The number of carbonyl (C=O) groups is 2. The molecule has 1 fully saturated rings. The number of sulfonamides is 1. The maximum Gasteiger partial charge on any atom is 0.285 e. The first-order valence-corrected chi connectivity index (χ1v) is 10.1. The number of fused-ring (bicyclic) bond motifs is 1. The molecule has 1 heterocycles. The first-order valence-electron chi connectivity index (χ1n) is 8.63. The highest BCUT2D eigenvalue weighted by molar-refractivity contribution is 7.90. The lowest BCUT2D eigenvalue weighted by Gasteiger charge is -2.22. The average molecular weight is 378 g/mol. The van der Waals surface area contributed by atoms with E-state index in [0.29, 0.717) is 5.56 Å². The number of nitrogens with one attached hydrogen (secondary N) is 2. The highest BCUT2D eigenvalue weighted by Crippen LogP contribution is 2.26. The Morgan fingerprint density at radius 2 is 1.85 bits per heavy atom. The molecule has 2 amide bonds.